The van der Waals surface area contributed by atoms with Crippen molar-refractivity contribution >= 4 is 23.3 Å². The highest BCUT2D eigenvalue weighted by Crippen LogP contribution is 2.05. The summed E-state index contributed by atoms with van der Waals surface area (Å²) in [5, 5.41) is 2.23. The molecule has 1 atom stereocenters. The van der Waals surface area contributed by atoms with E-state index in [9.17, 15) is 4.79 Å². The Hall–Kier alpha value is -1.51. The molecule has 0 N–H and O–H groups in total. The van der Waals surface area contributed by atoms with Crippen molar-refractivity contribution in [3.63, 3.8) is 0 Å². The van der Waals surface area contributed by atoms with Gasteiger partial charge in [-0.25, -0.2) is 4.99 Å². The van der Waals surface area contributed by atoms with Gasteiger partial charge in [0.25, 0.3) is 0 Å². The van der Waals surface area contributed by atoms with Crippen molar-refractivity contribution in [3.05, 3.63) is 35.9 Å². The topological polar surface area (TPSA) is 32.7 Å². The van der Waals surface area contributed by atoms with Crippen molar-refractivity contribution in [1.82, 2.24) is 4.90 Å². The Labute approximate surface area is 101 Å². The lowest BCUT2D eigenvalue weighted by molar-refractivity contribution is -0.131. The van der Waals surface area contributed by atoms with Gasteiger partial charge in [0.1, 0.15) is 6.04 Å². The SMILES string of the molecule is CC(N=C=S)C(=O)N(C)Cc1ccccc1. The van der Waals surface area contributed by atoms with E-state index < -0.39 is 6.04 Å². The van der Waals surface area contributed by atoms with Gasteiger partial charge < -0.3 is 4.90 Å². The number of aliphatic imine (C=N–C) groups is 1. The number of thiocarbonyl (C=S) groups is 1. The van der Waals surface area contributed by atoms with E-state index in [0.29, 0.717) is 6.54 Å². The molecular weight excluding hydrogens is 220 g/mol. The fourth-order valence-electron chi connectivity index (χ4n) is 1.39. The monoisotopic (exact) mass is 234 g/mol. The van der Waals surface area contributed by atoms with E-state index in [1.54, 1.807) is 18.9 Å². The minimum atomic E-state index is -0.453. The molecule has 0 aromatic heterocycles. The van der Waals surface area contributed by atoms with E-state index in [1.807, 2.05) is 30.3 Å². The Morgan fingerprint density at radius 1 is 1.50 bits per heavy atom. The average Bonchev–Trinajstić information content (AvgIpc) is 2.29. The summed E-state index contributed by atoms with van der Waals surface area (Å²) >= 11 is 4.48. The van der Waals surface area contributed by atoms with Crippen LogP contribution in [-0.4, -0.2) is 29.1 Å². The van der Waals surface area contributed by atoms with Crippen molar-refractivity contribution in [2.45, 2.75) is 19.5 Å². The second-order valence-electron chi connectivity index (χ2n) is 3.58. The third kappa shape index (κ3) is 3.57. The van der Waals surface area contributed by atoms with Crippen molar-refractivity contribution in [3.8, 4) is 0 Å². The van der Waals surface area contributed by atoms with Gasteiger partial charge in [-0.2, -0.15) is 0 Å². The molecule has 84 valence electrons. The second-order valence-corrected chi connectivity index (χ2v) is 3.76. The number of carbonyl (C=O) groups excluding carboxylic acids is 1. The molecule has 1 aromatic carbocycles. The number of rotatable bonds is 4. The van der Waals surface area contributed by atoms with E-state index in [-0.39, 0.29) is 5.91 Å². The summed E-state index contributed by atoms with van der Waals surface area (Å²) in [6.07, 6.45) is 0. The molecular formula is C12H14N2OS. The Balaban J connectivity index is 2.62. The zero-order valence-electron chi connectivity index (χ0n) is 9.38. The van der Waals surface area contributed by atoms with E-state index in [4.69, 9.17) is 0 Å². The molecule has 3 nitrogen and oxygen atoms in total. The van der Waals surface area contributed by atoms with E-state index >= 15 is 0 Å². The highest BCUT2D eigenvalue weighted by atomic mass is 32.1. The summed E-state index contributed by atoms with van der Waals surface area (Å²) in [5.74, 6) is -0.0544. The number of carbonyl (C=O) groups is 1. The molecule has 0 radical (unpaired) electrons. The first-order valence-corrected chi connectivity index (χ1v) is 5.42. The summed E-state index contributed by atoms with van der Waals surface area (Å²) in [6.45, 7) is 2.29. The van der Waals surface area contributed by atoms with Gasteiger partial charge in [-0.05, 0) is 24.7 Å². The van der Waals surface area contributed by atoms with Crippen LogP contribution in [0.25, 0.3) is 0 Å². The van der Waals surface area contributed by atoms with Crippen LogP contribution in [0.3, 0.4) is 0 Å². The molecule has 0 aliphatic rings. The minimum Gasteiger partial charge on any atom is -0.340 e. The normalized spacial score (nSPS) is 11.4. The van der Waals surface area contributed by atoms with Gasteiger partial charge in [-0.1, -0.05) is 30.3 Å². The summed E-state index contributed by atoms with van der Waals surface area (Å²) < 4.78 is 0. The minimum absolute atomic E-state index is 0.0544. The van der Waals surface area contributed by atoms with Crippen molar-refractivity contribution in [1.29, 1.82) is 0 Å². The van der Waals surface area contributed by atoms with Crippen LogP contribution >= 0.6 is 12.2 Å². The van der Waals surface area contributed by atoms with Crippen LogP contribution in [0.5, 0.6) is 0 Å². The molecule has 0 saturated carbocycles. The van der Waals surface area contributed by atoms with E-state index in [1.165, 1.54) is 0 Å². The molecule has 0 fully saturated rings. The Bertz CT molecular complexity index is 399. The molecule has 1 aromatic rings. The fraction of sp³-hybridized carbons (Fsp3) is 0.333. The fourth-order valence-corrected chi connectivity index (χ4v) is 1.55. The molecule has 0 saturated heterocycles. The number of likely N-dealkylation sites (N-methyl/N-ethyl adjacent to an activating group) is 1. The zero-order chi connectivity index (χ0) is 12.0. The summed E-state index contributed by atoms with van der Waals surface area (Å²) in [6, 6.07) is 9.36. The maximum Gasteiger partial charge on any atom is 0.247 e. The van der Waals surface area contributed by atoms with Gasteiger partial charge in [0, 0.05) is 13.6 Å². The lowest BCUT2D eigenvalue weighted by Gasteiger charge is -2.18. The number of hydrogen-bond acceptors (Lipinski definition) is 3. The first-order valence-electron chi connectivity index (χ1n) is 5.01. The number of nitrogens with zero attached hydrogens (tertiary/aromatic N) is 2. The summed E-state index contributed by atoms with van der Waals surface area (Å²) in [5.41, 5.74) is 1.09. The molecule has 1 amide bonds. The summed E-state index contributed by atoms with van der Waals surface area (Å²) in [4.78, 5) is 17.2. The van der Waals surface area contributed by atoms with E-state index in [0.717, 1.165) is 5.56 Å². The van der Waals surface area contributed by atoms with Gasteiger partial charge >= 0.3 is 0 Å². The lowest BCUT2D eigenvalue weighted by Crippen LogP contribution is -2.33. The van der Waals surface area contributed by atoms with Crippen molar-refractivity contribution in [2.24, 2.45) is 4.99 Å². The standard InChI is InChI=1S/C12H14N2OS/c1-10(13-9-16)12(15)14(2)8-11-6-4-3-5-7-11/h3-7,10H,8H2,1-2H3. The Morgan fingerprint density at radius 2 is 2.12 bits per heavy atom. The first-order chi connectivity index (χ1) is 7.65. The van der Waals surface area contributed by atoms with Crippen LogP contribution in [0.2, 0.25) is 0 Å². The van der Waals surface area contributed by atoms with Crippen LogP contribution in [0.1, 0.15) is 12.5 Å². The van der Waals surface area contributed by atoms with Crippen LogP contribution in [-0.2, 0) is 11.3 Å². The van der Waals surface area contributed by atoms with Crippen LogP contribution in [0.15, 0.2) is 35.3 Å². The second kappa shape index (κ2) is 6.16. The molecule has 0 bridgehead atoms. The van der Waals surface area contributed by atoms with Crippen molar-refractivity contribution in [2.75, 3.05) is 7.05 Å². The molecule has 4 heteroatoms. The maximum absolute atomic E-state index is 11.8. The molecule has 1 unspecified atom stereocenters. The van der Waals surface area contributed by atoms with Crippen molar-refractivity contribution < 1.29 is 4.79 Å². The smallest absolute Gasteiger partial charge is 0.247 e. The number of isothiocyanates is 1. The Morgan fingerprint density at radius 3 is 2.69 bits per heavy atom. The molecule has 1 rings (SSSR count). The molecule has 0 spiro atoms. The van der Waals surface area contributed by atoms with Crippen LogP contribution in [0.4, 0.5) is 0 Å². The molecule has 0 heterocycles. The third-order valence-corrected chi connectivity index (χ3v) is 2.35. The predicted octanol–water partition coefficient (Wildman–Crippen LogP) is 2.14. The number of hydrogen-bond donors (Lipinski definition) is 0. The highest BCUT2D eigenvalue weighted by Gasteiger charge is 2.15. The summed E-state index contributed by atoms with van der Waals surface area (Å²) in [7, 11) is 1.75. The van der Waals surface area contributed by atoms with Gasteiger partial charge in [0.2, 0.25) is 5.91 Å². The predicted molar refractivity (Wildman–Crippen MR) is 67.4 cm³/mol. The number of amides is 1. The van der Waals surface area contributed by atoms with Gasteiger partial charge in [-0.15, -0.1) is 0 Å². The zero-order valence-corrected chi connectivity index (χ0v) is 10.2. The maximum atomic E-state index is 11.8. The largest absolute Gasteiger partial charge is 0.340 e. The van der Waals surface area contributed by atoms with Gasteiger partial charge in [0.15, 0.2) is 0 Å². The molecule has 16 heavy (non-hydrogen) atoms. The highest BCUT2D eigenvalue weighted by molar-refractivity contribution is 7.78. The quantitative estimate of drug-likeness (QED) is 0.590. The Kier molecular flexibility index (Phi) is 4.83. The van der Waals surface area contributed by atoms with E-state index in [2.05, 4.69) is 22.4 Å². The van der Waals surface area contributed by atoms with Gasteiger partial charge in [-0.3, -0.25) is 4.79 Å². The van der Waals surface area contributed by atoms with Gasteiger partial charge in [0.05, 0.1) is 5.16 Å². The van der Waals surface area contributed by atoms with Crippen LogP contribution in [0, 0.1) is 0 Å². The molecule has 0 aliphatic carbocycles. The third-order valence-electron chi connectivity index (χ3n) is 2.24. The lowest BCUT2D eigenvalue weighted by atomic mass is 10.2. The first kappa shape index (κ1) is 12.6. The average molecular weight is 234 g/mol. The van der Waals surface area contributed by atoms with Crippen LogP contribution < -0.4 is 0 Å². The molecule has 0 aliphatic heterocycles. The number of benzene rings is 1.